The van der Waals surface area contributed by atoms with E-state index in [1.807, 2.05) is 0 Å². The van der Waals surface area contributed by atoms with Crippen LogP contribution in [-0.4, -0.2) is 43.9 Å². The van der Waals surface area contributed by atoms with E-state index in [9.17, 15) is 27.2 Å². The first-order valence-electron chi connectivity index (χ1n) is 10.1. The highest BCUT2D eigenvalue weighted by Crippen LogP contribution is 2.37. The van der Waals surface area contributed by atoms with Crippen LogP contribution in [0.5, 0.6) is 0 Å². The normalized spacial score (nSPS) is 16.9. The van der Waals surface area contributed by atoms with E-state index in [4.69, 9.17) is 4.74 Å². The van der Waals surface area contributed by atoms with E-state index in [2.05, 4.69) is 10.0 Å². The Kier molecular flexibility index (Phi) is 6.57. The summed E-state index contributed by atoms with van der Waals surface area (Å²) < 4.78 is 45.3. The molecule has 0 aliphatic carbocycles. The number of esters is 1. The van der Waals surface area contributed by atoms with Gasteiger partial charge in [-0.3, -0.25) is 19.3 Å². The third-order valence-electron chi connectivity index (χ3n) is 5.18. The summed E-state index contributed by atoms with van der Waals surface area (Å²) in [6.07, 6.45) is -1.31. The Bertz CT molecular complexity index is 1200. The molecule has 2 amide bonds. The van der Waals surface area contributed by atoms with Gasteiger partial charge in [0.1, 0.15) is 17.4 Å². The highest BCUT2D eigenvalue weighted by Gasteiger charge is 2.45. The Labute approximate surface area is 191 Å². The third-order valence-corrected chi connectivity index (χ3v) is 6.73. The van der Waals surface area contributed by atoms with Gasteiger partial charge in [0, 0.05) is 0 Å². The first-order valence-corrected chi connectivity index (χ1v) is 11.6. The van der Waals surface area contributed by atoms with E-state index < -0.39 is 51.3 Å². The Morgan fingerprint density at radius 2 is 1.70 bits per heavy atom. The molecule has 0 aromatic heterocycles. The molecule has 0 fully saturated rings. The maximum atomic E-state index is 13.2. The molecule has 0 saturated heterocycles. The van der Waals surface area contributed by atoms with Crippen molar-refractivity contribution in [1.29, 1.82) is 0 Å². The third kappa shape index (κ3) is 4.88. The van der Waals surface area contributed by atoms with Gasteiger partial charge in [-0.05, 0) is 64.1 Å². The zero-order valence-corrected chi connectivity index (χ0v) is 19.3. The highest BCUT2D eigenvalue weighted by atomic mass is 32.2. The lowest BCUT2D eigenvalue weighted by atomic mass is 9.95. The standard InChI is InChI=1S/C22H24FN3O6S/c1-13(25-33(30,31)16-11-9-15(23)10-12-16)20(28)32-14(2)19(27)26-18-8-6-5-7-17(18)24-21(29)22(26,3)4/h5-14,25H,1-4H3,(H,24,29). The van der Waals surface area contributed by atoms with Crippen LogP contribution >= 0.6 is 0 Å². The van der Waals surface area contributed by atoms with Crippen LogP contribution in [0.3, 0.4) is 0 Å². The van der Waals surface area contributed by atoms with Gasteiger partial charge in [-0.15, -0.1) is 0 Å². The molecule has 2 N–H and O–H groups in total. The van der Waals surface area contributed by atoms with Crippen LogP contribution in [-0.2, 0) is 29.1 Å². The number of fused-ring (bicyclic) bond motifs is 1. The zero-order valence-electron chi connectivity index (χ0n) is 18.5. The van der Waals surface area contributed by atoms with E-state index in [0.29, 0.717) is 11.4 Å². The van der Waals surface area contributed by atoms with Crippen LogP contribution in [0.4, 0.5) is 15.8 Å². The van der Waals surface area contributed by atoms with E-state index >= 15 is 0 Å². The average molecular weight is 478 g/mol. The van der Waals surface area contributed by atoms with Crippen LogP contribution in [0.25, 0.3) is 0 Å². The van der Waals surface area contributed by atoms with Crippen LogP contribution in [0.15, 0.2) is 53.4 Å². The predicted molar refractivity (Wildman–Crippen MR) is 118 cm³/mol. The summed E-state index contributed by atoms with van der Waals surface area (Å²) in [6, 6.07) is 9.45. The number of anilines is 2. The van der Waals surface area contributed by atoms with Crippen molar-refractivity contribution >= 4 is 39.2 Å². The summed E-state index contributed by atoms with van der Waals surface area (Å²) in [6.45, 7) is 5.72. The lowest BCUT2D eigenvalue weighted by Gasteiger charge is -2.42. The Morgan fingerprint density at radius 1 is 1.09 bits per heavy atom. The lowest BCUT2D eigenvalue weighted by Crippen LogP contribution is -2.60. The average Bonchev–Trinajstić information content (AvgIpc) is 2.74. The van der Waals surface area contributed by atoms with Gasteiger partial charge >= 0.3 is 5.97 Å². The maximum absolute atomic E-state index is 13.2. The van der Waals surface area contributed by atoms with Crippen molar-refractivity contribution in [1.82, 2.24) is 4.72 Å². The summed E-state index contributed by atoms with van der Waals surface area (Å²) >= 11 is 0. The van der Waals surface area contributed by atoms with E-state index in [-0.39, 0.29) is 4.90 Å². The van der Waals surface area contributed by atoms with Gasteiger partial charge in [0.15, 0.2) is 6.10 Å². The van der Waals surface area contributed by atoms with E-state index in [0.717, 1.165) is 24.3 Å². The van der Waals surface area contributed by atoms with Crippen molar-refractivity contribution in [3.05, 3.63) is 54.3 Å². The number of para-hydroxylation sites is 2. The predicted octanol–water partition coefficient (Wildman–Crippen LogP) is 2.19. The van der Waals surface area contributed by atoms with Crippen LogP contribution in [0.1, 0.15) is 27.7 Å². The van der Waals surface area contributed by atoms with Gasteiger partial charge in [0.05, 0.1) is 16.3 Å². The highest BCUT2D eigenvalue weighted by molar-refractivity contribution is 7.89. The number of hydrogen-bond acceptors (Lipinski definition) is 6. The van der Waals surface area contributed by atoms with Gasteiger partial charge in [-0.1, -0.05) is 12.1 Å². The minimum Gasteiger partial charge on any atom is -0.451 e. The number of nitrogens with one attached hydrogen (secondary N) is 2. The molecule has 3 rings (SSSR count). The molecule has 0 radical (unpaired) electrons. The Morgan fingerprint density at radius 3 is 2.33 bits per heavy atom. The van der Waals surface area contributed by atoms with Crippen molar-refractivity contribution in [3.63, 3.8) is 0 Å². The van der Waals surface area contributed by atoms with Gasteiger partial charge in [-0.2, -0.15) is 4.72 Å². The molecule has 9 nitrogen and oxygen atoms in total. The molecule has 2 atom stereocenters. The molecule has 2 aromatic carbocycles. The number of sulfonamides is 1. The second-order valence-electron chi connectivity index (χ2n) is 8.08. The van der Waals surface area contributed by atoms with Crippen molar-refractivity contribution in [2.45, 2.75) is 50.3 Å². The molecule has 0 saturated carbocycles. The first kappa shape index (κ1) is 24.3. The van der Waals surface area contributed by atoms with Crippen molar-refractivity contribution < 1.29 is 31.9 Å². The second-order valence-corrected chi connectivity index (χ2v) is 9.79. The summed E-state index contributed by atoms with van der Waals surface area (Å²) in [7, 11) is -4.13. The first-order chi connectivity index (χ1) is 15.3. The zero-order chi connectivity index (χ0) is 24.6. The summed E-state index contributed by atoms with van der Waals surface area (Å²) in [5.74, 6) is -2.66. The molecule has 1 heterocycles. The van der Waals surface area contributed by atoms with Crippen molar-refractivity contribution in [2.75, 3.05) is 10.2 Å². The van der Waals surface area contributed by atoms with Gasteiger partial charge in [0.2, 0.25) is 15.9 Å². The molecule has 1 aliphatic heterocycles. The maximum Gasteiger partial charge on any atom is 0.324 e. The summed E-state index contributed by atoms with van der Waals surface area (Å²) in [5, 5.41) is 2.74. The molecule has 0 bridgehead atoms. The van der Waals surface area contributed by atoms with Crippen LogP contribution in [0, 0.1) is 5.82 Å². The van der Waals surface area contributed by atoms with Gasteiger partial charge < -0.3 is 10.1 Å². The Hall–Kier alpha value is -3.31. The van der Waals surface area contributed by atoms with Gasteiger partial charge in [-0.25, -0.2) is 12.8 Å². The summed E-state index contributed by atoms with van der Waals surface area (Å²) in [5.41, 5.74) is -0.379. The quantitative estimate of drug-likeness (QED) is 0.615. The number of halogens is 1. The number of carbonyl (C=O) groups is 3. The molecule has 2 unspecified atom stereocenters. The molecular weight excluding hydrogens is 453 g/mol. The monoisotopic (exact) mass is 477 g/mol. The number of nitrogens with zero attached hydrogens (tertiary/aromatic N) is 1. The number of carbonyl (C=O) groups excluding carboxylic acids is 3. The SMILES string of the molecule is CC(NS(=O)(=O)c1ccc(F)cc1)C(=O)OC(C)C(=O)N1c2ccccc2NC(=O)C1(C)C. The number of amides is 2. The fourth-order valence-corrected chi connectivity index (χ4v) is 4.51. The molecule has 1 aliphatic rings. The number of benzene rings is 2. The number of rotatable bonds is 6. The smallest absolute Gasteiger partial charge is 0.324 e. The molecule has 33 heavy (non-hydrogen) atoms. The fourth-order valence-electron chi connectivity index (χ4n) is 3.32. The largest absolute Gasteiger partial charge is 0.451 e. The van der Waals surface area contributed by atoms with Crippen LogP contribution < -0.4 is 14.9 Å². The lowest BCUT2D eigenvalue weighted by molar-refractivity contribution is -0.155. The van der Waals surface area contributed by atoms with E-state index in [1.54, 1.807) is 38.1 Å². The second kappa shape index (κ2) is 8.91. The molecule has 0 spiro atoms. The minimum absolute atomic E-state index is 0.231. The van der Waals surface area contributed by atoms with Crippen LogP contribution in [0.2, 0.25) is 0 Å². The number of ether oxygens (including phenoxy) is 1. The molecule has 176 valence electrons. The Balaban J connectivity index is 1.74. The molecule has 11 heteroatoms. The topological polar surface area (TPSA) is 122 Å². The van der Waals surface area contributed by atoms with Crippen molar-refractivity contribution in [2.24, 2.45) is 0 Å². The van der Waals surface area contributed by atoms with Crippen molar-refractivity contribution in [3.8, 4) is 0 Å². The molecule has 2 aromatic rings. The number of hydrogen-bond donors (Lipinski definition) is 2. The van der Waals surface area contributed by atoms with E-state index in [1.165, 1.54) is 18.7 Å². The molecular formula is C22H24FN3O6S. The minimum atomic E-state index is -4.13. The van der Waals surface area contributed by atoms with Gasteiger partial charge in [0.25, 0.3) is 5.91 Å². The summed E-state index contributed by atoms with van der Waals surface area (Å²) in [4.78, 5) is 39.3. The fraction of sp³-hybridized carbons (Fsp3) is 0.318.